The summed E-state index contributed by atoms with van der Waals surface area (Å²) < 4.78 is 63.8. The van der Waals surface area contributed by atoms with Crippen LogP contribution in [0.25, 0.3) is 0 Å². The van der Waals surface area contributed by atoms with Crippen molar-refractivity contribution in [2.45, 2.75) is 56.4 Å². The van der Waals surface area contributed by atoms with Gasteiger partial charge in [0.2, 0.25) is 5.88 Å². The average Bonchev–Trinajstić information content (AvgIpc) is 3.39. The van der Waals surface area contributed by atoms with Crippen molar-refractivity contribution in [2.75, 3.05) is 9.44 Å². The quantitative estimate of drug-likeness (QED) is 0.335. The lowest BCUT2D eigenvalue weighted by atomic mass is 9.92. The van der Waals surface area contributed by atoms with E-state index in [9.17, 15) is 16.8 Å². The van der Waals surface area contributed by atoms with Gasteiger partial charge in [0, 0.05) is 22.9 Å². The maximum absolute atomic E-state index is 13.4. The third kappa shape index (κ3) is 5.86. The maximum Gasteiger partial charge on any atom is 0.265 e. The number of aryl methyl sites for hydroxylation is 1. The van der Waals surface area contributed by atoms with Crippen LogP contribution in [0.2, 0.25) is 0 Å². The average molecular weight is 544 g/mol. The van der Waals surface area contributed by atoms with E-state index in [0.29, 0.717) is 23.5 Å². The number of nitrogens with zero attached hydrogens (tertiary/aromatic N) is 3. The number of hydrogen-bond donors (Lipinski definition) is 2. The van der Waals surface area contributed by atoms with E-state index in [1.54, 1.807) is 18.5 Å². The Labute approximate surface area is 216 Å². The summed E-state index contributed by atoms with van der Waals surface area (Å²) in [7, 11) is -7.98. The molecule has 12 heteroatoms. The standard InChI is InChI=1S/C25H29N5O5S2/c1-17-18(2)27-35-24(17)29-36(31,32)21-13-11-20(12-14-21)28-37(33,34)22-16-30(26-23(22)25(3,4)5)15-19-9-7-6-8-10-19/h6-14,16,28-29H,15H2,1-5H3. The Kier molecular flexibility index (Phi) is 6.91. The molecule has 0 aliphatic carbocycles. The van der Waals surface area contributed by atoms with Crippen LogP contribution in [-0.4, -0.2) is 31.8 Å². The number of aromatic nitrogens is 3. The van der Waals surface area contributed by atoms with Crippen molar-refractivity contribution in [1.82, 2.24) is 14.9 Å². The van der Waals surface area contributed by atoms with Crippen LogP contribution in [0.4, 0.5) is 11.6 Å². The van der Waals surface area contributed by atoms with E-state index < -0.39 is 25.5 Å². The highest BCUT2D eigenvalue weighted by molar-refractivity contribution is 7.93. The molecule has 10 nitrogen and oxygen atoms in total. The zero-order valence-corrected chi connectivity index (χ0v) is 22.8. The molecule has 0 unspecified atom stereocenters. The number of anilines is 2. The molecule has 0 spiro atoms. The van der Waals surface area contributed by atoms with Crippen molar-refractivity contribution in [1.29, 1.82) is 0 Å². The van der Waals surface area contributed by atoms with Gasteiger partial charge in [0.05, 0.1) is 22.8 Å². The molecule has 2 N–H and O–H groups in total. The maximum atomic E-state index is 13.4. The summed E-state index contributed by atoms with van der Waals surface area (Å²) in [4.78, 5) is 0.000391. The molecule has 2 aromatic heterocycles. The monoisotopic (exact) mass is 543 g/mol. The van der Waals surface area contributed by atoms with Crippen LogP contribution in [0.5, 0.6) is 0 Å². The summed E-state index contributed by atoms with van der Waals surface area (Å²) in [6.45, 7) is 9.50. The molecule has 0 aliphatic heterocycles. The smallest absolute Gasteiger partial charge is 0.265 e. The van der Waals surface area contributed by atoms with Gasteiger partial charge < -0.3 is 4.52 Å². The van der Waals surface area contributed by atoms with E-state index in [1.165, 1.54) is 30.5 Å². The minimum atomic E-state index is -4.02. The first-order chi connectivity index (χ1) is 17.3. The van der Waals surface area contributed by atoms with Gasteiger partial charge in [-0.1, -0.05) is 56.3 Å². The fourth-order valence-corrected chi connectivity index (χ4v) is 6.04. The number of nitrogens with one attached hydrogen (secondary N) is 2. The third-order valence-corrected chi connectivity index (χ3v) is 8.45. The molecule has 0 amide bonds. The first-order valence-electron chi connectivity index (χ1n) is 11.5. The molecule has 37 heavy (non-hydrogen) atoms. The van der Waals surface area contributed by atoms with Gasteiger partial charge in [-0.05, 0) is 43.7 Å². The van der Waals surface area contributed by atoms with Crippen LogP contribution >= 0.6 is 0 Å². The first-order valence-corrected chi connectivity index (χ1v) is 14.4. The van der Waals surface area contributed by atoms with Gasteiger partial charge in [-0.2, -0.15) is 5.10 Å². The predicted octanol–water partition coefficient (Wildman–Crippen LogP) is 4.44. The van der Waals surface area contributed by atoms with Gasteiger partial charge in [-0.25, -0.2) is 21.6 Å². The molecule has 0 aliphatic rings. The van der Waals surface area contributed by atoms with E-state index in [2.05, 4.69) is 19.7 Å². The number of hydrogen-bond acceptors (Lipinski definition) is 7. The normalized spacial score (nSPS) is 12.5. The molecular weight excluding hydrogens is 514 g/mol. The van der Waals surface area contributed by atoms with Crippen molar-refractivity contribution >= 4 is 31.6 Å². The zero-order chi connectivity index (χ0) is 27.0. The molecule has 196 valence electrons. The summed E-state index contributed by atoms with van der Waals surface area (Å²) >= 11 is 0. The molecule has 2 heterocycles. The number of rotatable bonds is 8. The number of sulfonamides is 2. The van der Waals surface area contributed by atoms with Crippen molar-refractivity contribution in [3.05, 3.63) is 83.3 Å². The third-order valence-electron chi connectivity index (χ3n) is 5.72. The van der Waals surface area contributed by atoms with Crippen LogP contribution in [0.3, 0.4) is 0 Å². The van der Waals surface area contributed by atoms with Gasteiger partial charge in [0.15, 0.2) is 0 Å². The Bertz CT molecular complexity index is 1620. The van der Waals surface area contributed by atoms with Crippen LogP contribution < -0.4 is 9.44 Å². The summed E-state index contributed by atoms with van der Waals surface area (Å²) in [5, 5.41) is 8.32. The largest absolute Gasteiger partial charge is 0.337 e. The molecule has 0 atom stereocenters. The highest BCUT2D eigenvalue weighted by atomic mass is 32.2. The van der Waals surface area contributed by atoms with E-state index >= 15 is 0 Å². The minimum absolute atomic E-state index is 0.0319. The SMILES string of the molecule is Cc1noc(NS(=O)(=O)c2ccc(NS(=O)(=O)c3cn(Cc4ccccc4)nc3C(C)(C)C)cc2)c1C. The molecule has 0 radical (unpaired) electrons. The Morgan fingerprint density at radius 2 is 1.54 bits per heavy atom. The molecule has 4 aromatic rings. The van der Waals surface area contributed by atoms with Crippen molar-refractivity contribution < 1.29 is 21.4 Å². The predicted molar refractivity (Wildman–Crippen MR) is 141 cm³/mol. The van der Waals surface area contributed by atoms with Gasteiger partial charge in [0.25, 0.3) is 20.0 Å². The zero-order valence-electron chi connectivity index (χ0n) is 21.2. The number of benzene rings is 2. The second kappa shape index (κ2) is 9.67. The second-order valence-corrected chi connectivity index (χ2v) is 13.1. The molecule has 0 fully saturated rings. The molecule has 4 rings (SSSR count). The topological polar surface area (TPSA) is 136 Å². The van der Waals surface area contributed by atoms with Crippen molar-refractivity contribution in [2.24, 2.45) is 0 Å². The Balaban J connectivity index is 1.58. The van der Waals surface area contributed by atoms with Crippen LogP contribution in [0.15, 0.2) is 75.1 Å². The Morgan fingerprint density at radius 3 is 2.11 bits per heavy atom. The molecule has 0 bridgehead atoms. The summed E-state index contributed by atoms with van der Waals surface area (Å²) in [5.74, 6) is 0.0319. The van der Waals surface area contributed by atoms with E-state index in [4.69, 9.17) is 4.52 Å². The van der Waals surface area contributed by atoms with E-state index in [0.717, 1.165) is 5.56 Å². The highest BCUT2D eigenvalue weighted by Gasteiger charge is 2.30. The fourth-order valence-electron chi connectivity index (χ4n) is 3.57. The molecule has 2 aromatic carbocycles. The van der Waals surface area contributed by atoms with Gasteiger partial charge >= 0.3 is 0 Å². The van der Waals surface area contributed by atoms with Gasteiger partial charge in [0.1, 0.15) is 4.90 Å². The Morgan fingerprint density at radius 1 is 0.892 bits per heavy atom. The van der Waals surface area contributed by atoms with Crippen molar-refractivity contribution in [3.63, 3.8) is 0 Å². The molecule has 0 saturated heterocycles. The van der Waals surface area contributed by atoms with E-state index in [1.807, 2.05) is 51.1 Å². The Hall–Kier alpha value is -3.64. The van der Waals surface area contributed by atoms with Gasteiger partial charge in [-0.3, -0.25) is 9.40 Å². The van der Waals surface area contributed by atoms with Crippen LogP contribution in [-0.2, 0) is 32.0 Å². The lowest BCUT2D eigenvalue weighted by molar-refractivity contribution is 0.430. The van der Waals surface area contributed by atoms with Gasteiger partial charge in [-0.15, -0.1) is 0 Å². The molecule has 0 saturated carbocycles. The van der Waals surface area contributed by atoms with Crippen molar-refractivity contribution in [3.8, 4) is 0 Å². The summed E-state index contributed by atoms with van der Waals surface area (Å²) in [5.41, 5.74) is 2.24. The second-order valence-electron chi connectivity index (χ2n) is 9.73. The summed E-state index contributed by atoms with van der Waals surface area (Å²) in [6.07, 6.45) is 1.51. The lowest BCUT2D eigenvalue weighted by Gasteiger charge is -2.18. The lowest BCUT2D eigenvalue weighted by Crippen LogP contribution is -2.20. The summed E-state index contributed by atoms with van der Waals surface area (Å²) in [6, 6.07) is 15.0. The first kappa shape index (κ1) is 26.4. The highest BCUT2D eigenvalue weighted by Crippen LogP contribution is 2.30. The fraction of sp³-hybridized carbons (Fsp3) is 0.280. The van der Waals surface area contributed by atoms with E-state index in [-0.39, 0.29) is 21.4 Å². The van der Waals surface area contributed by atoms with Crippen LogP contribution in [0, 0.1) is 13.8 Å². The van der Waals surface area contributed by atoms with Crippen LogP contribution in [0.1, 0.15) is 43.3 Å². The minimum Gasteiger partial charge on any atom is -0.337 e. The molecular formula is C25H29N5O5S2.